The van der Waals surface area contributed by atoms with E-state index in [-0.39, 0.29) is 12.5 Å². The SMILES string of the molecule is CC(C)(C)OC(=O)Cn1ccc(-c2ccccc2CN2CCNCC2)n1. The first-order valence-electron chi connectivity index (χ1n) is 9.17. The van der Waals surface area contributed by atoms with E-state index in [0.717, 1.165) is 44.0 Å². The summed E-state index contributed by atoms with van der Waals surface area (Å²) >= 11 is 0. The Balaban J connectivity index is 1.71. The second-order valence-corrected chi connectivity index (χ2v) is 7.67. The van der Waals surface area contributed by atoms with Crippen molar-refractivity contribution in [2.45, 2.75) is 39.5 Å². The molecule has 0 aliphatic carbocycles. The molecule has 0 unspecified atom stereocenters. The third-order valence-electron chi connectivity index (χ3n) is 4.25. The van der Waals surface area contributed by atoms with Gasteiger partial charge in [-0.15, -0.1) is 0 Å². The standard InChI is InChI=1S/C20H28N4O2/c1-20(2,3)26-19(25)15-24-11-8-18(22-24)17-7-5-4-6-16(17)14-23-12-9-21-10-13-23/h4-8,11,21H,9-10,12-15H2,1-3H3. The van der Waals surface area contributed by atoms with Crippen molar-refractivity contribution in [1.29, 1.82) is 0 Å². The number of carbonyl (C=O) groups is 1. The van der Waals surface area contributed by atoms with Crippen LogP contribution >= 0.6 is 0 Å². The summed E-state index contributed by atoms with van der Waals surface area (Å²) in [6, 6.07) is 10.3. The average molecular weight is 356 g/mol. The first-order valence-corrected chi connectivity index (χ1v) is 9.17. The number of piperazine rings is 1. The largest absolute Gasteiger partial charge is 0.459 e. The van der Waals surface area contributed by atoms with E-state index < -0.39 is 5.60 Å². The molecule has 0 radical (unpaired) electrons. The Morgan fingerprint density at radius 2 is 1.92 bits per heavy atom. The van der Waals surface area contributed by atoms with Crippen LogP contribution in [0.2, 0.25) is 0 Å². The molecule has 0 saturated carbocycles. The minimum absolute atomic E-state index is 0.122. The molecular formula is C20H28N4O2. The number of nitrogens with zero attached hydrogens (tertiary/aromatic N) is 3. The van der Waals surface area contributed by atoms with Gasteiger partial charge < -0.3 is 10.1 Å². The zero-order valence-corrected chi connectivity index (χ0v) is 15.9. The number of hydrogen-bond acceptors (Lipinski definition) is 5. The lowest BCUT2D eigenvalue weighted by atomic mass is 10.0. The number of benzene rings is 1. The van der Waals surface area contributed by atoms with E-state index in [9.17, 15) is 4.79 Å². The van der Waals surface area contributed by atoms with Crippen molar-refractivity contribution in [2.75, 3.05) is 26.2 Å². The van der Waals surface area contributed by atoms with Gasteiger partial charge >= 0.3 is 5.97 Å². The van der Waals surface area contributed by atoms with Gasteiger partial charge in [0.05, 0.1) is 5.69 Å². The zero-order valence-electron chi connectivity index (χ0n) is 15.9. The van der Waals surface area contributed by atoms with Gasteiger partial charge in [0.2, 0.25) is 0 Å². The molecule has 0 spiro atoms. The molecule has 0 bridgehead atoms. The van der Waals surface area contributed by atoms with Gasteiger partial charge in [-0.05, 0) is 32.4 Å². The number of nitrogens with one attached hydrogen (secondary N) is 1. The second-order valence-electron chi connectivity index (χ2n) is 7.67. The van der Waals surface area contributed by atoms with E-state index in [4.69, 9.17) is 4.74 Å². The molecule has 1 aliphatic heterocycles. The Hall–Kier alpha value is -2.18. The minimum Gasteiger partial charge on any atom is -0.459 e. The second kappa shape index (κ2) is 8.01. The smallest absolute Gasteiger partial charge is 0.328 e. The summed E-state index contributed by atoms with van der Waals surface area (Å²) in [4.78, 5) is 14.5. The summed E-state index contributed by atoms with van der Waals surface area (Å²) in [7, 11) is 0. The van der Waals surface area contributed by atoms with Crippen LogP contribution in [0.25, 0.3) is 11.3 Å². The maximum Gasteiger partial charge on any atom is 0.328 e. The fourth-order valence-corrected chi connectivity index (χ4v) is 3.12. The summed E-state index contributed by atoms with van der Waals surface area (Å²) in [5.41, 5.74) is 2.79. The van der Waals surface area contributed by atoms with Crippen molar-refractivity contribution in [1.82, 2.24) is 20.0 Å². The Kier molecular flexibility index (Phi) is 5.74. The Morgan fingerprint density at radius 1 is 1.19 bits per heavy atom. The molecule has 1 aromatic heterocycles. The van der Waals surface area contributed by atoms with Crippen LogP contribution in [0.4, 0.5) is 0 Å². The van der Waals surface area contributed by atoms with Gasteiger partial charge in [-0.25, -0.2) is 0 Å². The van der Waals surface area contributed by atoms with E-state index in [2.05, 4.69) is 33.5 Å². The monoisotopic (exact) mass is 356 g/mol. The van der Waals surface area contributed by atoms with Gasteiger partial charge in [0.1, 0.15) is 12.1 Å². The molecule has 0 atom stereocenters. The molecule has 2 aromatic rings. The van der Waals surface area contributed by atoms with Crippen LogP contribution in [-0.2, 0) is 22.6 Å². The van der Waals surface area contributed by atoms with Crippen LogP contribution in [-0.4, -0.2) is 52.4 Å². The van der Waals surface area contributed by atoms with E-state index in [1.807, 2.05) is 39.1 Å². The van der Waals surface area contributed by atoms with Gasteiger partial charge in [-0.2, -0.15) is 5.10 Å². The summed E-state index contributed by atoms with van der Waals surface area (Å²) in [6.07, 6.45) is 1.83. The highest BCUT2D eigenvalue weighted by Crippen LogP contribution is 2.23. The minimum atomic E-state index is -0.483. The maximum absolute atomic E-state index is 12.0. The van der Waals surface area contributed by atoms with E-state index >= 15 is 0 Å². The molecule has 26 heavy (non-hydrogen) atoms. The lowest BCUT2D eigenvalue weighted by molar-refractivity contribution is -0.155. The molecule has 1 N–H and O–H groups in total. The summed E-state index contributed by atoms with van der Waals surface area (Å²) in [6.45, 7) is 10.8. The Labute approximate surface area is 155 Å². The predicted octanol–water partition coefficient (Wildman–Crippen LogP) is 2.30. The molecule has 3 rings (SSSR count). The van der Waals surface area contributed by atoms with Crippen LogP contribution < -0.4 is 5.32 Å². The van der Waals surface area contributed by atoms with E-state index in [1.165, 1.54) is 5.56 Å². The number of carbonyl (C=O) groups excluding carboxylic acids is 1. The molecule has 1 fully saturated rings. The third kappa shape index (κ3) is 5.16. The van der Waals surface area contributed by atoms with Gasteiger partial charge in [0.25, 0.3) is 0 Å². The highest BCUT2D eigenvalue weighted by atomic mass is 16.6. The van der Waals surface area contributed by atoms with Crippen molar-refractivity contribution in [3.63, 3.8) is 0 Å². The first-order chi connectivity index (χ1) is 12.4. The number of aromatic nitrogens is 2. The molecule has 6 nitrogen and oxygen atoms in total. The topological polar surface area (TPSA) is 59.4 Å². The van der Waals surface area contributed by atoms with Crippen LogP contribution in [0.3, 0.4) is 0 Å². The van der Waals surface area contributed by atoms with Gasteiger partial charge in [-0.1, -0.05) is 24.3 Å². The maximum atomic E-state index is 12.0. The van der Waals surface area contributed by atoms with Gasteiger partial charge in [-0.3, -0.25) is 14.4 Å². The van der Waals surface area contributed by atoms with E-state index in [0.29, 0.717) is 0 Å². The zero-order chi connectivity index (χ0) is 18.6. The first kappa shape index (κ1) is 18.6. The third-order valence-corrected chi connectivity index (χ3v) is 4.25. The highest BCUT2D eigenvalue weighted by Gasteiger charge is 2.18. The lowest BCUT2D eigenvalue weighted by Crippen LogP contribution is -2.42. The number of ether oxygens (including phenoxy) is 1. The van der Waals surface area contributed by atoms with Gasteiger partial charge in [0, 0.05) is 44.5 Å². The number of esters is 1. The summed E-state index contributed by atoms with van der Waals surface area (Å²) in [5.74, 6) is -0.277. The lowest BCUT2D eigenvalue weighted by Gasteiger charge is -2.27. The summed E-state index contributed by atoms with van der Waals surface area (Å²) < 4.78 is 7.01. The van der Waals surface area contributed by atoms with Gasteiger partial charge in [0.15, 0.2) is 0 Å². The van der Waals surface area contributed by atoms with Crippen molar-refractivity contribution in [3.8, 4) is 11.3 Å². The molecule has 1 saturated heterocycles. The average Bonchev–Trinajstić information content (AvgIpc) is 3.02. The molecule has 1 aromatic carbocycles. The molecule has 1 aliphatic rings. The number of hydrogen-bond donors (Lipinski definition) is 1. The predicted molar refractivity (Wildman–Crippen MR) is 102 cm³/mol. The van der Waals surface area contributed by atoms with Crippen LogP contribution in [0.5, 0.6) is 0 Å². The fourth-order valence-electron chi connectivity index (χ4n) is 3.12. The molecule has 140 valence electrons. The Morgan fingerprint density at radius 3 is 2.65 bits per heavy atom. The molecule has 6 heteroatoms. The van der Waals surface area contributed by atoms with Crippen LogP contribution in [0.15, 0.2) is 36.5 Å². The highest BCUT2D eigenvalue weighted by molar-refractivity contribution is 5.70. The normalized spacial score (nSPS) is 15.8. The molecular weight excluding hydrogens is 328 g/mol. The molecule has 2 heterocycles. The number of rotatable bonds is 5. The van der Waals surface area contributed by atoms with Crippen molar-refractivity contribution in [3.05, 3.63) is 42.1 Å². The Bertz CT molecular complexity index is 742. The van der Waals surface area contributed by atoms with Crippen molar-refractivity contribution < 1.29 is 9.53 Å². The summed E-state index contributed by atoms with van der Waals surface area (Å²) in [5, 5.41) is 7.97. The van der Waals surface area contributed by atoms with Crippen molar-refractivity contribution in [2.24, 2.45) is 0 Å². The molecule has 0 amide bonds. The van der Waals surface area contributed by atoms with Crippen molar-refractivity contribution >= 4 is 5.97 Å². The fraction of sp³-hybridized carbons (Fsp3) is 0.500. The van der Waals surface area contributed by atoms with E-state index in [1.54, 1.807) is 4.68 Å². The van der Waals surface area contributed by atoms with Crippen LogP contribution in [0, 0.1) is 0 Å². The quantitative estimate of drug-likeness (QED) is 0.833. The van der Waals surface area contributed by atoms with Crippen LogP contribution in [0.1, 0.15) is 26.3 Å².